The van der Waals surface area contributed by atoms with Crippen LogP contribution in [0, 0.1) is 0 Å². The number of aliphatic hydroxyl groups excluding tert-OH is 2. The first-order chi connectivity index (χ1) is 18.6. The van der Waals surface area contributed by atoms with E-state index in [4.69, 9.17) is 18.9 Å². The van der Waals surface area contributed by atoms with Crippen molar-refractivity contribution in [3.05, 3.63) is 71.8 Å². The van der Waals surface area contributed by atoms with Gasteiger partial charge in [0.15, 0.2) is 6.29 Å². The normalized spacial score (nSPS) is 23.3. The van der Waals surface area contributed by atoms with Crippen LogP contribution in [-0.2, 0) is 41.7 Å². The lowest BCUT2D eigenvalue weighted by Gasteiger charge is -2.43. The summed E-state index contributed by atoms with van der Waals surface area (Å²) in [4.78, 5) is 11.2. The van der Waals surface area contributed by atoms with E-state index >= 15 is 0 Å². The molecule has 0 bridgehead atoms. The van der Waals surface area contributed by atoms with Gasteiger partial charge in [0.25, 0.3) is 0 Å². The van der Waals surface area contributed by atoms with Crippen molar-refractivity contribution in [2.45, 2.75) is 88.9 Å². The van der Waals surface area contributed by atoms with Crippen molar-refractivity contribution < 1.29 is 38.7 Å². The number of carbonyl (C=O) groups excluding carboxylic acids is 1. The van der Waals surface area contributed by atoms with Gasteiger partial charge in [0.05, 0.1) is 26.9 Å². The smallest absolute Gasteiger partial charge is 0.305 e. The Hall–Kier alpha value is -2.33. The number of unbranched alkanes of at least 4 members (excludes halogenated alkanes) is 5. The Balaban J connectivity index is 1.51. The fraction of sp³-hybridized carbons (Fsp3) is 0.567. The summed E-state index contributed by atoms with van der Waals surface area (Å²) in [6.07, 6.45) is 2.02. The van der Waals surface area contributed by atoms with Gasteiger partial charge in [-0.05, 0) is 24.0 Å². The van der Waals surface area contributed by atoms with Crippen LogP contribution in [0.2, 0.25) is 0 Å². The van der Waals surface area contributed by atoms with Gasteiger partial charge < -0.3 is 33.9 Å². The van der Waals surface area contributed by atoms with Crippen LogP contribution >= 0.6 is 0 Å². The van der Waals surface area contributed by atoms with Gasteiger partial charge in [-0.2, -0.15) is 0 Å². The van der Waals surface area contributed by atoms with Crippen LogP contribution in [0.15, 0.2) is 60.7 Å². The topological polar surface area (TPSA) is 104 Å². The average Bonchev–Trinajstić information content (AvgIpc) is 2.96. The summed E-state index contributed by atoms with van der Waals surface area (Å²) in [5.74, 6) is -0.161. The van der Waals surface area contributed by atoms with Crippen molar-refractivity contribution in [2.75, 3.05) is 20.3 Å². The number of methoxy groups -OCH3 is 1. The number of carbonyl (C=O) groups is 1. The molecule has 0 spiro atoms. The summed E-state index contributed by atoms with van der Waals surface area (Å²) < 4.78 is 28.9. The zero-order valence-corrected chi connectivity index (χ0v) is 22.3. The molecule has 0 aliphatic carbocycles. The zero-order chi connectivity index (χ0) is 27.0. The van der Waals surface area contributed by atoms with Crippen molar-refractivity contribution >= 4 is 5.97 Å². The molecule has 210 valence electrons. The highest BCUT2D eigenvalue weighted by molar-refractivity contribution is 5.68. The molecular weight excluding hydrogens is 488 g/mol. The van der Waals surface area contributed by atoms with E-state index in [2.05, 4.69) is 4.74 Å². The maximum absolute atomic E-state index is 11.3. The summed E-state index contributed by atoms with van der Waals surface area (Å²) >= 11 is 0. The van der Waals surface area contributed by atoms with E-state index in [1.807, 2.05) is 60.7 Å². The maximum atomic E-state index is 11.3. The second-order valence-corrected chi connectivity index (χ2v) is 9.56. The molecular formula is C30H42O8. The Bertz CT molecular complexity index is 894. The Morgan fingerprint density at radius 2 is 1.34 bits per heavy atom. The van der Waals surface area contributed by atoms with E-state index in [-0.39, 0.29) is 25.8 Å². The van der Waals surface area contributed by atoms with Gasteiger partial charge in [-0.15, -0.1) is 0 Å². The van der Waals surface area contributed by atoms with Crippen LogP contribution in [0.3, 0.4) is 0 Å². The lowest BCUT2D eigenvalue weighted by molar-refractivity contribution is -0.319. The fourth-order valence-electron chi connectivity index (χ4n) is 4.47. The molecule has 2 N–H and O–H groups in total. The van der Waals surface area contributed by atoms with Crippen LogP contribution in [0.1, 0.15) is 56.1 Å². The summed E-state index contributed by atoms with van der Waals surface area (Å²) in [7, 11) is 1.41. The lowest BCUT2D eigenvalue weighted by atomic mass is 9.98. The maximum Gasteiger partial charge on any atom is 0.305 e. The van der Waals surface area contributed by atoms with E-state index in [1.165, 1.54) is 7.11 Å². The average molecular weight is 531 g/mol. The Labute approximate surface area is 225 Å². The molecule has 0 radical (unpaired) electrons. The van der Waals surface area contributed by atoms with Crippen molar-refractivity contribution in [2.24, 2.45) is 0 Å². The Morgan fingerprint density at radius 3 is 1.92 bits per heavy atom. The molecule has 1 aliphatic rings. The minimum absolute atomic E-state index is 0.161. The monoisotopic (exact) mass is 530 g/mol. The van der Waals surface area contributed by atoms with Crippen molar-refractivity contribution in [3.8, 4) is 0 Å². The Morgan fingerprint density at radius 1 is 0.789 bits per heavy atom. The molecule has 0 amide bonds. The van der Waals surface area contributed by atoms with Crippen molar-refractivity contribution in [1.29, 1.82) is 0 Å². The van der Waals surface area contributed by atoms with E-state index in [1.54, 1.807) is 0 Å². The van der Waals surface area contributed by atoms with Crippen LogP contribution in [0.4, 0.5) is 0 Å². The fourth-order valence-corrected chi connectivity index (χ4v) is 4.47. The summed E-state index contributed by atoms with van der Waals surface area (Å²) in [5, 5.41) is 21.3. The van der Waals surface area contributed by atoms with Crippen molar-refractivity contribution in [3.63, 3.8) is 0 Å². The van der Waals surface area contributed by atoms with Gasteiger partial charge in [-0.1, -0.05) is 86.3 Å². The third-order valence-electron chi connectivity index (χ3n) is 6.65. The van der Waals surface area contributed by atoms with Gasteiger partial charge in [-0.25, -0.2) is 0 Å². The van der Waals surface area contributed by atoms with E-state index in [0.717, 1.165) is 49.7 Å². The van der Waals surface area contributed by atoms with E-state index in [0.29, 0.717) is 13.0 Å². The van der Waals surface area contributed by atoms with Gasteiger partial charge >= 0.3 is 5.97 Å². The van der Waals surface area contributed by atoms with E-state index < -0.39 is 30.7 Å². The summed E-state index contributed by atoms with van der Waals surface area (Å²) in [6, 6.07) is 19.4. The van der Waals surface area contributed by atoms with Crippen LogP contribution in [-0.4, -0.2) is 67.2 Å². The van der Waals surface area contributed by atoms with E-state index in [9.17, 15) is 15.0 Å². The predicted octanol–water partition coefficient (Wildman–Crippen LogP) is 4.16. The van der Waals surface area contributed by atoms with Gasteiger partial charge in [-0.3, -0.25) is 4.79 Å². The molecule has 2 aromatic rings. The molecule has 1 heterocycles. The third kappa shape index (κ3) is 10.1. The Kier molecular flexibility index (Phi) is 13.8. The number of esters is 1. The molecule has 1 aliphatic heterocycles. The number of aliphatic hydroxyl groups is 2. The second-order valence-electron chi connectivity index (χ2n) is 9.56. The predicted molar refractivity (Wildman–Crippen MR) is 142 cm³/mol. The number of hydrogen-bond acceptors (Lipinski definition) is 8. The van der Waals surface area contributed by atoms with Gasteiger partial charge in [0.2, 0.25) is 0 Å². The molecule has 0 saturated carbocycles. The number of ether oxygens (including phenoxy) is 5. The molecule has 38 heavy (non-hydrogen) atoms. The van der Waals surface area contributed by atoms with Gasteiger partial charge in [0, 0.05) is 13.0 Å². The van der Waals surface area contributed by atoms with Crippen molar-refractivity contribution in [1.82, 2.24) is 0 Å². The molecule has 2 aromatic carbocycles. The zero-order valence-electron chi connectivity index (χ0n) is 22.3. The molecule has 8 heteroatoms. The molecule has 8 nitrogen and oxygen atoms in total. The highest BCUT2D eigenvalue weighted by atomic mass is 16.7. The highest BCUT2D eigenvalue weighted by Crippen LogP contribution is 2.28. The van der Waals surface area contributed by atoms with Crippen LogP contribution in [0.5, 0.6) is 0 Å². The number of hydrogen-bond donors (Lipinski definition) is 2. The van der Waals surface area contributed by atoms with Crippen LogP contribution in [0.25, 0.3) is 0 Å². The summed E-state index contributed by atoms with van der Waals surface area (Å²) in [6.45, 7) is 0.692. The molecule has 1 saturated heterocycles. The first-order valence-electron chi connectivity index (χ1n) is 13.6. The molecule has 0 unspecified atom stereocenters. The SMILES string of the molecule is COC(=O)CCCCCCCCO[C@H]1O[C@H](CO)[C@@H](OCc2ccccc2)[C@H](O)[C@@H]1OCc1ccccc1. The largest absolute Gasteiger partial charge is 0.469 e. The molecule has 3 rings (SSSR count). The van der Waals surface area contributed by atoms with Gasteiger partial charge in [0.1, 0.15) is 24.4 Å². The first kappa shape index (κ1) is 30.2. The summed E-state index contributed by atoms with van der Waals surface area (Å²) in [5.41, 5.74) is 1.93. The molecule has 0 aromatic heterocycles. The molecule has 5 atom stereocenters. The highest BCUT2D eigenvalue weighted by Gasteiger charge is 2.47. The third-order valence-corrected chi connectivity index (χ3v) is 6.65. The lowest BCUT2D eigenvalue weighted by Crippen LogP contribution is -2.60. The minimum atomic E-state index is -1.05. The minimum Gasteiger partial charge on any atom is -0.469 e. The standard InChI is InChI=1S/C30H42O8/c1-34-26(32)18-12-4-2-3-5-13-19-35-30-29(37-22-24-16-10-7-11-17-24)27(33)28(25(20-31)38-30)36-21-23-14-8-6-9-15-23/h6-11,14-17,25,27-31,33H,2-5,12-13,18-22H2,1H3/t25-,27+,28-,29+,30+/m1/s1. The first-order valence-corrected chi connectivity index (χ1v) is 13.6. The number of benzene rings is 2. The van der Waals surface area contributed by atoms with Crippen LogP contribution < -0.4 is 0 Å². The quantitative estimate of drug-likeness (QED) is 0.232. The molecule has 1 fully saturated rings. The second kappa shape index (κ2) is 17.3. The number of rotatable bonds is 17.